The molecule has 1 aliphatic rings. The smallest absolute Gasteiger partial charge is 0.308 e. The van der Waals surface area contributed by atoms with Gasteiger partial charge in [-0.05, 0) is 12.8 Å². The molecule has 0 bridgehead atoms. The molecule has 1 amide bonds. The fraction of sp³-hybridized carbons (Fsp3) is 0.643. The van der Waals surface area contributed by atoms with Gasteiger partial charge in [-0.3, -0.25) is 9.59 Å². The highest BCUT2D eigenvalue weighted by molar-refractivity contribution is 5.79. The number of aliphatic carboxylic acids is 1. The van der Waals surface area contributed by atoms with E-state index in [-0.39, 0.29) is 18.4 Å². The topological polar surface area (TPSA) is 92.4 Å². The van der Waals surface area contributed by atoms with Gasteiger partial charge in [0.25, 0.3) is 0 Å². The van der Waals surface area contributed by atoms with Crippen LogP contribution < -0.4 is 5.32 Å². The Morgan fingerprint density at radius 1 is 1.30 bits per heavy atom. The van der Waals surface area contributed by atoms with Crippen molar-refractivity contribution in [3.63, 3.8) is 0 Å². The maximum Gasteiger partial charge on any atom is 0.308 e. The number of carbonyl (C=O) groups excluding carboxylic acids is 1. The van der Waals surface area contributed by atoms with E-state index >= 15 is 0 Å². The molecule has 2 N–H and O–H groups in total. The SMILES string of the molecule is O=C(Cc1ccon1)NC1CCCCCCC1C(=O)O. The minimum absolute atomic E-state index is 0.124. The Kier molecular flexibility index (Phi) is 5.15. The van der Waals surface area contributed by atoms with Crippen molar-refractivity contribution in [2.45, 2.75) is 51.0 Å². The van der Waals surface area contributed by atoms with Gasteiger partial charge in [0.05, 0.1) is 18.0 Å². The lowest BCUT2D eigenvalue weighted by Gasteiger charge is -2.27. The number of carbonyl (C=O) groups is 2. The highest BCUT2D eigenvalue weighted by atomic mass is 16.5. The Hall–Kier alpha value is -1.85. The largest absolute Gasteiger partial charge is 0.481 e. The average molecular weight is 280 g/mol. The Labute approximate surface area is 117 Å². The van der Waals surface area contributed by atoms with Gasteiger partial charge in [0.1, 0.15) is 6.26 Å². The molecule has 2 rings (SSSR count). The highest BCUT2D eigenvalue weighted by Crippen LogP contribution is 2.23. The zero-order chi connectivity index (χ0) is 14.4. The summed E-state index contributed by atoms with van der Waals surface area (Å²) in [6.07, 6.45) is 6.93. The fourth-order valence-electron chi connectivity index (χ4n) is 2.70. The third-order valence-corrected chi connectivity index (χ3v) is 3.76. The number of nitrogens with one attached hydrogen (secondary N) is 1. The molecule has 6 nitrogen and oxygen atoms in total. The normalized spacial score (nSPS) is 23.6. The first kappa shape index (κ1) is 14.6. The molecule has 1 saturated carbocycles. The highest BCUT2D eigenvalue weighted by Gasteiger charge is 2.29. The van der Waals surface area contributed by atoms with Crippen molar-refractivity contribution in [2.24, 2.45) is 5.92 Å². The molecule has 1 aliphatic carbocycles. The predicted octanol–water partition coefficient (Wildman–Crippen LogP) is 1.76. The van der Waals surface area contributed by atoms with Gasteiger partial charge in [0.15, 0.2) is 0 Å². The molecular formula is C14H20N2O4. The minimum Gasteiger partial charge on any atom is -0.481 e. The number of amides is 1. The lowest BCUT2D eigenvalue weighted by Crippen LogP contribution is -2.44. The zero-order valence-corrected chi connectivity index (χ0v) is 11.4. The van der Waals surface area contributed by atoms with Gasteiger partial charge in [-0.15, -0.1) is 0 Å². The number of nitrogens with zero attached hydrogens (tertiary/aromatic N) is 1. The van der Waals surface area contributed by atoms with Crippen LogP contribution in [0.15, 0.2) is 16.9 Å². The molecule has 2 unspecified atom stereocenters. The van der Waals surface area contributed by atoms with Gasteiger partial charge in [-0.1, -0.05) is 30.8 Å². The molecule has 1 aromatic heterocycles. The quantitative estimate of drug-likeness (QED) is 0.876. The maximum atomic E-state index is 12.0. The molecule has 1 aromatic rings. The Bertz CT molecular complexity index is 444. The Morgan fingerprint density at radius 3 is 2.70 bits per heavy atom. The Morgan fingerprint density at radius 2 is 2.05 bits per heavy atom. The molecule has 110 valence electrons. The first-order chi connectivity index (χ1) is 9.66. The summed E-state index contributed by atoms with van der Waals surface area (Å²) in [5.74, 6) is -1.51. The Balaban J connectivity index is 1.95. The second kappa shape index (κ2) is 7.07. The number of hydrogen-bond acceptors (Lipinski definition) is 4. The van der Waals surface area contributed by atoms with Crippen LogP contribution in [-0.2, 0) is 16.0 Å². The average Bonchev–Trinajstić information content (AvgIpc) is 2.85. The molecule has 2 atom stereocenters. The van der Waals surface area contributed by atoms with Gasteiger partial charge in [0, 0.05) is 12.1 Å². The number of carboxylic acid groups (broad SMARTS) is 1. The van der Waals surface area contributed by atoms with Crippen molar-refractivity contribution in [1.82, 2.24) is 10.5 Å². The summed E-state index contributed by atoms with van der Waals surface area (Å²) in [4.78, 5) is 23.3. The van der Waals surface area contributed by atoms with E-state index in [2.05, 4.69) is 15.0 Å². The first-order valence-electron chi connectivity index (χ1n) is 7.08. The third kappa shape index (κ3) is 4.08. The lowest BCUT2D eigenvalue weighted by atomic mass is 9.86. The van der Waals surface area contributed by atoms with Crippen molar-refractivity contribution >= 4 is 11.9 Å². The summed E-state index contributed by atoms with van der Waals surface area (Å²) in [5.41, 5.74) is 0.556. The van der Waals surface area contributed by atoms with E-state index in [0.29, 0.717) is 12.1 Å². The van der Waals surface area contributed by atoms with Crippen LogP contribution in [0.25, 0.3) is 0 Å². The summed E-state index contributed by atoms with van der Waals surface area (Å²) in [6, 6.07) is 1.35. The van der Waals surface area contributed by atoms with Gasteiger partial charge < -0.3 is 14.9 Å². The van der Waals surface area contributed by atoms with Crippen molar-refractivity contribution < 1.29 is 19.2 Å². The number of carboxylic acids is 1. The molecule has 0 aliphatic heterocycles. The standard InChI is InChI=1S/C14H20N2O4/c17-13(9-10-7-8-20-16-10)15-12-6-4-2-1-3-5-11(12)14(18)19/h7-8,11-12H,1-6,9H2,(H,15,17)(H,18,19). The molecule has 0 saturated heterocycles. The molecule has 6 heteroatoms. The zero-order valence-electron chi connectivity index (χ0n) is 11.4. The number of aromatic nitrogens is 1. The maximum absolute atomic E-state index is 12.0. The van der Waals surface area contributed by atoms with Crippen molar-refractivity contribution in [3.05, 3.63) is 18.0 Å². The molecule has 0 aromatic carbocycles. The summed E-state index contributed by atoms with van der Waals surface area (Å²) < 4.78 is 4.68. The fourth-order valence-corrected chi connectivity index (χ4v) is 2.70. The summed E-state index contributed by atoms with van der Waals surface area (Å²) in [5, 5.41) is 15.9. The monoisotopic (exact) mass is 280 g/mol. The first-order valence-corrected chi connectivity index (χ1v) is 7.08. The second-order valence-corrected chi connectivity index (χ2v) is 5.28. The van der Waals surface area contributed by atoms with E-state index in [1.807, 2.05) is 0 Å². The van der Waals surface area contributed by atoms with Crippen LogP contribution in [0.3, 0.4) is 0 Å². The van der Waals surface area contributed by atoms with E-state index < -0.39 is 11.9 Å². The van der Waals surface area contributed by atoms with E-state index in [4.69, 9.17) is 0 Å². The minimum atomic E-state index is -0.821. The van der Waals surface area contributed by atoms with Crippen LogP contribution in [0.1, 0.15) is 44.2 Å². The molecule has 1 fully saturated rings. The predicted molar refractivity (Wildman–Crippen MR) is 71.0 cm³/mol. The molecule has 0 radical (unpaired) electrons. The summed E-state index contributed by atoms with van der Waals surface area (Å²) >= 11 is 0. The van der Waals surface area contributed by atoms with E-state index in [1.165, 1.54) is 6.26 Å². The van der Waals surface area contributed by atoms with Crippen LogP contribution in [0.2, 0.25) is 0 Å². The molecular weight excluding hydrogens is 260 g/mol. The van der Waals surface area contributed by atoms with E-state index in [1.54, 1.807) is 6.07 Å². The second-order valence-electron chi connectivity index (χ2n) is 5.28. The van der Waals surface area contributed by atoms with E-state index in [9.17, 15) is 14.7 Å². The van der Waals surface area contributed by atoms with Crippen molar-refractivity contribution in [1.29, 1.82) is 0 Å². The third-order valence-electron chi connectivity index (χ3n) is 3.76. The molecule has 0 spiro atoms. The van der Waals surface area contributed by atoms with Crippen molar-refractivity contribution in [2.75, 3.05) is 0 Å². The van der Waals surface area contributed by atoms with Crippen molar-refractivity contribution in [3.8, 4) is 0 Å². The summed E-state index contributed by atoms with van der Waals surface area (Å²) in [6.45, 7) is 0. The van der Waals surface area contributed by atoms with Gasteiger partial charge in [-0.25, -0.2) is 0 Å². The van der Waals surface area contributed by atoms with Gasteiger partial charge >= 0.3 is 5.97 Å². The van der Waals surface area contributed by atoms with E-state index in [0.717, 1.165) is 32.1 Å². The van der Waals surface area contributed by atoms with Crippen LogP contribution >= 0.6 is 0 Å². The number of rotatable bonds is 4. The van der Waals surface area contributed by atoms with Crippen LogP contribution in [0.5, 0.6) is 0 Å². The van der Waals surface area contributed by atoms with Crippen LogP contribution in [-0.4, -0.2) is 28.2 Å². The number of hydrogen-bond donors (Lipinski definition) is 2. The van der Waals surface area contributed by atoms with Crippen LogP contribution in [0.4, 0.5) is 0 Å². The van der Waals surface area contributed by atoms with Gasteiger partial charge in [-0.2, -0.15) is 0 Å². The van der Waals surface area contributed by atoms with Gasteiger partial charge in [0.2, 0.25) is 5.91 Å². The molecule has 20 heavy (non-hydrogen) atoms. The lowest BCUT2D eigenvalue weighted by molar-refractivity contribution is -0.143. The molecule has 1 heterocycles. The summed E-state index contributed by atoms with van der Waals surface area (Å²) in [7, 11) is 0. The van der Waals surface area contributed by atoms with Crippen LogP contribution in [0, 0.1) is 5.92 Å².